The van der Waals surface area contributed by atoms with Gasteiger partial charge in [0, 0.05) is 34.5 Å². The molecule has 0 spiro atoms. The normalized spacial score (nSPS) is 11.5. The molecule has 0 bridgehead atoms. The molecular weight excluding hydrogens is 422 g/mol. The minimum Gasteiger partial charge on any atom is -0.505 e. The van der Waals surface area contributed by atoms with Crippen molar-refractivity contribution in [3.63, 3.8) is 0 Å². The topological polar surface area (TPSA) is 60.2 Å². The first-order valence-corrected chi connectivity index (χ1v) is 11.4. The van der Waals surface area contributed by atoms with E-state index in [2.05, 4.69) is 45.7 Å². The summed E-state index contributed by atoms with van der Waals surface area (Å²) in [7, 11) is 0. The van der Waals surface area contributed by atoms with Crippen LogP contribution in [0.15, 0.2) is 85.1 Å². The molecule has 1 N–H and O–H groups in total. The monoisotopic (exact) mass is 445 g/mol. The number of aromatic nitrogens is 3. The van der Waals surface area contributed by atoms with Crippen LogP contribution in [-0.4, -0.2) is 19.6 Å². The van der Waals surface area contributed by atoms with Crippen molar-refractivity contribution in [2.45, 2.75) is 20.3 Å². The molecule has 0 saturated carbocycles. The fourth-order valence-electron chi connectivity index (χ4n) is 4.62. The Kier molecular flexibility index (Phi) is 4.69. The zero-order valence-corrected chi connectivity index (χ0v) is 19.0. The molecule has 34 heavy (non-hydrogen) atoms. The van der Waals surface area contributed by atoms with E-state index in [4.69, 9.17) is 4.74 Å². The lowest BCUT2D eigenvalue weighted by atomic mass is 10.1. The summed E-state index contributed by atoms with van der Waals surface area (Å²) in [6.45, 7) is 4.03. The summed E-state index contributed by atoms with van der Waals surface area (Å²) in [4.78, 5) is 9.21. The van der Waals surface area contributed by atoms with Crippen molar-refractivity contribution in [1.82, 2.24) is 14.5 Å². The molecular formula is C29H23N3O2. The number of phenols is 1. The molecule has 0 saturated heterocycles. The lowest BCUT2D eigenvalue weighted by Gasteiger charge is -2.10. The maximum absolute atomic E-state index is 10.5. The summed E-state index contributed by atoms with van der Waals surface area (Å²) < 4.78 is 8.38. The minimum absolute atomic E-state index is 0.181. The van der Waals surface area contributed by atoms with Gasteiger partial charge in [0.1, 0.15) is 22.8 Å². The summed E-state index contributed by atoms with van der Waals surface area (Å²) >= 11 is 0. The number of nitrogens with zero attached hydrogens (tertiary/aromatic N) is 3. The van der Waals surface area contributed by atoms with Crippen LogP contribution in [0.25, 0.3) is 38.5 Å². The Bertz CT molecular complexity index is 1690. The maximum atomic E-state index is 10.5. The largest absolute Gasteiger partial charge is 0.505 e. The predicted molar refractivity (Wildman–Crippen MR) is 136 cm³/mol. The van der Waals surface area contributed by atoms with Crippen LogP contribution in [0.2, 0.25) is 0 Å². The number of aryl methyl sites for hydroxylation is 2. The Morgan fingerprint density at radius 1 is 0.912 bits per heavy atom. The summed E-state index contributed by atoms with van der Waals surface area (Å²) in [5.74, 6) is 2.15. The van der Waals surface area contributed by atoms with Gasteiger partial charge in [-0.25, -0.2) is 9.97 Å². The van der Waals surface area contributed by atoms with Gasteiger partial charge in [0.05, 0.1) is 11.0 Å². The van der Waals surface area contributed by atoms with Gasteiger partial charge in [-0.2, -0.15) is 0 Å². The number of hydrogen-bond acceptors (Lipinski definition) is 4. The van der Waals surface area contributed by atoms with Crippen LogP contribution < -0.4 is 4.74 Å². The molecule has 6 aromatic rings. The molecule has 0 radical (unpaired) electrons. The van der Waals surface area contributed by atoms with Crippen molar-refractivity contribution >= 4 is 32.7 Å². The molecule has 0 fully saturated rings. The number of fused-ring (bicyclic) bond motifs is 4. The van der Waals surface area contributed by atoms with Crippen LogP contribution in [0.1, 0.15) is 18.1 Å². The van der Waals surface area contributed by atoms with Crippen molar-refractivity contribution < 1.29 is 9.84 Å². The molecule has 6 rings (SSSR count). The number of rotatable bonds is 4. The van der Waals surface area contributed by atoms with Crippen LogP contribution >= 0.6 is 0 Å². The van der Waals surface area contributed by atoms with E-state index in [1.165, 1.54) is 16.5 Å². The predicted octanol–water partition coefficient (Wildman–Crippen LogP) is 7.10. The molecule has 5 heteroatoms. The molecule has 0 atom stereocenters. The highest BCUT2D eigenvalue weighted by molar-refractivity contribution is 6.10. The van der Waals surface area contributed by atoms with E-state index in [0.29, 0.717) is 17.1 Å². The third kappa shape index (κ3) is 3.17. The average Bonchev–Trinajstić information content (AvgIpc) is 3.21. The van der Waals surface area contributed by atoms with Gasteiger partial charge in [0.15, 0.2) is 0 Å². The fraction of sp³-hybridized carbons (Fsp3) is 0.103. The highest BCUT2D eigenvalue weighted by Gasteiger charge is 2.16. The van der Waals surface area contributed by atoms with Gasteiger partial charge >= 0.3 is 0 Å². The lowest BCUT2D eigenvalue weighted by molar-refractivity contribution is 0.459. The number of pyridine rings is 2. The number of ether oxygens (including phenoxy) is 1. The Labute approximate surface area is 196 Å². The Balaban J connectivity index is 1.54. The number of para-hydroxylation sites is 1. The third-order valence-corrected chi connectivity index (χ3v) is 6.34. The first-order valence-electron chi connectivity index (χ1n) is 11.4. The average molecular weight is 446 g/mol. The molecule has 3 aromatic heterocycles. The van der Waals surface area contributed by atoms with E-state index in [9.17, 15) is 5.11 Å². The molecule has 0 unspecified atom stereocenters. The van der Waals surface area contributed by atoms with Crippen molar-refractivity contribution in [3.8, 4) is 23.2 Å². The van der Waals surface area contributed by atoms with Crippen molar-refractivity contribution in [1.29, 1.82) is 0 Å². The first kappa shape index (κ1) is 20.2. The smallest absolute Gasteiger partial charge is 0.219 e. The summed E-state index contributed by atoms with van der Waals surface area (Å²) in [5.41, 5.74) is 4.77. The second-order valence-corrected chi connectivity index (χ2v) is 8.42. The molecule has 0 aliphatic carbocycles. The number of phenolic OH excluding ortho intramolecular Hbond substituents is 1. The van der Waals surface area contributed by atoms with Gasteiger partial charge < -0.3 is 9.84 Å². The molecule has 0 aliphatic heterocycles. The maximum Gasteiger partial charge on any atom is 0.219 e. The van der Waals surface area contributed by atoms with Crippen LogP contribution in [0.4, 0.5) is 0 Å². The quantitative estimate of drug-likeness (QED) is 0.314. The second-order valence-electron chi connectivity index (χ2n) is 8.42. The lowest BCUT2D eigenvalue weighted by Crippen LogP contribution is -1.99. The van der Waals surface area contributed by atoms with E-state index >= 15 is 0 Å². The van der Waals surface area contributed by atoms with Crippen molar-refractivity contribution in [2.75, 3.05) is 0 Å². The number of benzene rings is 3. The van der Waals surface area contributed by atoms with Gasteiger partial charge in [-0.3, -0.25) is 4.57 Å². The summed E-state index contributed by atoms with van der Waals surface area (Å²) in [6, 6.07) is 26.0. The fourth-order valence-corrected chi connectivity index (χ4v) is 4.62. The zero-order chi connectivity index (χ0) is 23.2. The minimum atomic E-state index is 0.181. The molecule has 0 aliphatic rings. The van der Waals surface area contributed by atoms with E-state index in [0.717, 1.165) is 34.1 Å². The van der Waals surface area contributed by atoms with E-state index in [1.54, 1.807) is 0 Å². The first-order chi connectivity index (χ1) is 16.6. The summed E-state index contributed by atoms with van der Waals surface area (Å²) in [6.07, 6.45) is 2.74. The van der Waals surface area contributed by atoms with Gasteiger partial charge in [-0.1, -0.05) is 43.3 Å². The van der Waals surface area contributed by atoms with Crippen LogP contribution in [-0.2, 0) is 6.42 Å². The van der Waals surface area contributed by atoms with Crippen LogP contribution in [0.3, 0.4) is 0 Å². The van der Waals surface area contributed by atoms with Crippen molar-refractivity contribution in [3.05, 3.63) is 96.2 Å². The second kappa shape index (κ2) is 7.89. The Morgan fingerprint density at radius 3 is 2.62 bits per heavy atom. The van der Waals surface area contributed by atoms with Crippen LogP contribution in [0.5, 0.6) is 17.4 Å². The highest BCUT2D eigenvalue weighted by Crippen LogP contribution is 2.37. The number of hydrogen-bond donors (Lipinski definition) is 1. The van der Waals surface area contributed by atoms with E-state index in [1.807, 2.05) is 67.7 Å². The molecule has 3 aromatic carbocycles. The standard InChI is InChI=1S/C29H23N3O2/c1-3-19-7-6-8-23-22-14-13-21(17-24(22)32(28(19)23)25-9-4-5-16-30-25)34-26-15-12-20-11-10-18(2)29(33)27(20)31-26/h4-17,33H,3H2,1-2H3. The van der Waals surface area contributed by atoms with E-state index in [-0.39, 0.29) is 5.75 Å². The SMILES string of the molecule is CCc1cccc2c3ccc(Oc4ccc5ccc(C)c(O)c5n4)cc3n(-c3ccccn3)c12. The third-order valence-electron chi connectivity index (χ3n) is 6.34. The van der Waals surface area contributed by atoms with Crippen LogP contribution in [0, 0.1) is 6.92 Å². The van der Waals surface area contributed by atoms with Gasteiger partial charge in [-0.05, 0) is 54.8 Å². The van der Waals surface area contributed by atoms with Gasteiger partial charge in [0.2, 0.25) is 5.88 Å². The molecule has 5 nitrogen and oxygen atoms in total. The van der Waals surface area contributed by atoms with Gasteiger partial charge in [0.25, 0.3) is 0 Å². The summed E-state index contributed by atoms with van der Waals surface area (Å²) in [5, 5.41) is 13.7. The highest BCUT2D eigenvalue weighted by atomic mass is 16.5. The molecule has 0 amide bonds. The molecule has 166 valence electrons. The zero-order valence-electron chi connectivity index (χ0n) is 19.0. The van der Waals surface area contributed by atoms with Gasteiger partial charge in [-0.15, -0.1) is 0 Å². The molecule has 3 heterocycles. The Morgan fingerprint density at radius 2 is 1.79 bits per heavy atom. The Hall–Kier alpha value is -4.38. The number of aromatic hydroxyl groups is 1. The van der Waals surface area contributed by atoms with Crippen molar-refractivity contribution in [2.24, 2.45) is 0 Å². The van der Waals surface area contributed by atoms with E-state index < -0.39 is 0 Å².